The third kappa shape index (κ3) is 3.76. The van der Waals surface area contributed by atoms with Gasteiger partial charge in [-0.05, 0) is 37.5 Å². The van der Waals surface area contributed by atoms with Gasteiger partial charge in [-0.2, -0.15) is 5.10 Å². The first kappa shape index (κ1) is 15.4. The molecule has 0 aliphatic heterocycles. The van der Waals surface area contributed by atoms with Crippen LogP contribution in [0.1, 0.15) is 24.6 Å². The quantitative estimate of drug-likeness (QED) is 0.850. The second kappa shape index (κ2) is 7.13. The topological polar surface area (TPSA) is 62.3 Å². The summed E-state index contributed by atoms with van der Waals surface area (Å²) < 4.78 is 12.8. The zero-order valence-corrected chi connectivity index (χ0v) is 12.9. The van der Waals surface area contributed by atoms with Crippen LogP contribution >= 0.6 is 0 Å². The van der Waals surface area contributed by atoms with Gasteiger partial charge in [0.15, 0.2) is 0 Å². The van der Waals surface area contributed by atoms with Gasteiger partial charge in [0.05, 0.1) is 12.3 Å². The third-order valence-electron chi connectivity index (χ3n) is 3.29. The van der Waals surface area contributed by atoms with Gasteiger partial charge in [-0.15, -0.1) is 0 Å². The minimum absolute atomic E-state index is 0.604. The van der Waals surface area contributed by atoms with Crippen LogP contribution in [0.2, 0.25) is 0 Å². The van der Waals surface area contributed by atoms with E-state index in [1.807, 2.05) is 35.9 Å². The van der Waals surface area contributed by atoms with Gasteiger partial charge >= 0.3 is 0 Å². The molecule has 1 aromatic carbocycles. The third-order valence-corrected chi connectivity index (χ3v) is 3.29. The van der Waals surface area contributed by atoms with E-state index in [2.05, 4.69) is 12.0 Å². The van der Waals surface area contributed by atoms with Crippen molar-refractivity contribution >= 4 is 5.69 Å². The van der Waals surface area contributed by atoms with Crippen molar-refractivity contribution in [3.63, 3.8) is 0 Å². The molecule has 0 radical (unpaired) electrons. The highest BCUT2D eigenvalue weighted by Gasteiger charge is 2.14. The first-order valence-electron chi connectivity index (χ1n) is 7.24. The Morgan fingerprint density at radius 2 is 1.95 bits per heavy atom. The molecule has 2 rings (SSSR count). The lowest BCUT2D eigenvalue weighted by atomic mass is 10.1. The number of rotatable bonds is 7. The second-order valence-electron chi connectivity index (χ2n) is 5.02. The number of aromatic nitrogens is 2. The molecule has 2 aromatic rings. The SMILES string of the molecule is CCCn1nc(C)c(N)c1Oc1ccc(CCOC)cc1. The van der Waals surface area contributed by atoms with Crippen molar-refractivity contribution in [1.82, 2.24) is 9.78 Å². The Labute approximate surface area is 125 Å². The number of ether oxygens (including phenoxy) is 2. The molecule has 2 N–H and O–H groups in total. The minimum atomic E-state index is 0.604. The smallest absolute Gasteiger partial charge is 0.241 e. The van der Waals surface area contributed by atoms with Crippen LogP contribution in [-0.4, -0.2) is 23.5 Å². The van der Waals surface area contributed by atoms with E-state index in [-0.39, 0.29) is 0 Å². The first-order valence-corrected chi connectivity index (χ1v) is 7.24. The Bertz CT molecular complexity index is 576. The Hall–Kier alpha value is -2.01. The van der Waals surface area contributed by atoms with Gasteiger partial charge in [-0.3, -0.25) is 0 Å². The Morgan fingerprint density at radius 1 is 1.24 bits per heavy atom. The molecule has 0 spiro atoms. The monoisotopic (exact) mass is 289 g/mol. The van der Waals surface area contributed by atoms with Crippen LogP contribution in [0, 0.1) is 6.92 Å². The zero-order chi connectivity index (χ0) is 15.2. The minimum Gasteiger partial charge on any atom is -0.437 e. The summed E-state index contributed by atoms with van der Waals surface area (Å²) in [6.45, 7) is 5.50. The lowest BCUT2D eigenvalue weighted by molar-refractivity contribution is 0.202. The Morgan fingerprint density at radius 3 is 2.57 bits per heavy atom. The average molecular weight is 289 g/mol. The summed E-state index contributed by atoms with van der Waals surface area (Å²) in [7, 11) is 1.71. The van der Waals surface area contributed by atoms with Crippen molar-refractivity contribution < 1.29 is 9.47 Å². The molecule has 0 unspecified atom stereocenters. The molecule has 1 heterocycles. The standard InChI is InChI=1S/C16H23N3O2/c1-4-10-19-16(15(17)12(2)18-19)21-14-7-5-13(6-8-14)9-11-20-3/h5-8H,4,9-11,17H2,1-3H3. The molecule has 0 amide bonds. The molecule has 5 heteroatoms. The first-order chi connectivity index (χ1) is 10.2. The summed E-state index contributed by atoms with van der Waals surface area (Å²) in [6, 6.07) is 7.97. The van der Waals surface area contributed by atoms with Crippen LogP contribution in [-0.2, 0) is 17.7 Å². The number of benzene rings is 1. The highest BCUT2D eigenvalue weighted by Crippen LogP contribution is 2.30. The van der Waals surface area contributed by atoms with Crippen LogP contribution in [0.25, 0.3) is 0 Å². The molecular weight excluding hydrogens is 266 g/mol. The summed E-state index contributed by atoms with van der Waals surface area (Å²) in [5.41, 5.74) is 8.67. The van der Waals surface area contributed by atoms with E-state index >= 15 is 0 Å². The molecule has 5 nitrogen and oxygen atoms in total. The van der Waals surface area contributed by atoms with Gasteiger partial charge in [0.1, 0.15) is 11.4 Å². The van der Waals surface area contributed by atoms with Gasteiger partial charge < -0.3 is 15.2 Å². The fourth-order valence-electron chi connectivity index (χ4n) is 2.10. The van der Waals surface area contributed by atoms with Crippen molar-refractivity contribution in [3.8, 4) is 11.6 Å². The maximum atomic E-state index is 6.05. The molecule has 0 atom stereocenters. The number of nitrogens with zero attached hydrogens (tertiary/aromatic N) is 2. The number of methoxy groups -OCH3 is 1. The predicted octanol–water partition coefficient (Wildman–Crippen LogP) is 3.16. The Kier molecular flexibility index (Phi) is 5.22. The van der Waals surface area contributed by atoms with E-state index in [0.29, 0.717) is 11.6 Å². The normalized spacial score (nSPS) is 10.8. The van der Waals surface area contributed by atoms with E-state index in [1.165, 1.54) is 5.56 Å². The lowest BCUT2D eigenvalue weighted by Gasteiger charge is -2.09. The van der Waals surface area contributed by atoms with Gasteiger partial charge in [0.25, 0.3) is 0 Å². The van der Waals surface area contributed by atoms with Crippen molar-refractivity contribution in [1.29, 1.82) is 0 Å². The van der Waals surface area contributed by atoms with E-state index < -0.39 is 0 Å². The number of nitrogens with two attached hydrogens (primary N) is 1. The molecule has 0 fully saturated rings. The van der Waals surface area contributed by atoms with Gasteiger partial charge in [0.2, 0.25) is 5.88 Å². The van der Waals surface area contributed by atoms with Crippen molar-refractivity contribution in [2.75, 3.05) is 19.5 Å². The van der Waals surface area contributed by atoms with E-state index in [9.17, 15) is 0 Å². The molecular formula is C16H23N3O2. The molecule has 114 valence electrons. The maximum Gasteiger partial charge on any atom is 0.241 e. The summed E-state index contributed by atoms with van der Waals surface area (Å²) in [5.74, 6) is 1.39. The van der Waals surface area contributed by atoms with E-state index in [1.54, 1.807) is 7.11 Å². The fourth-order valence-corrected chi connectivity index (χ4v) is 2.10. The van der Waals surface area contributed by atoms with Crippen LogP contribution in [0.5, 0.6) is 11.6 Å². The van der Waals surface area contributed by atoms with Crippen molar-refractivity contribution in [2.45, 2.75) is 33.2 Å². The molecule has 0 aliphatic carbocycles. The molecule has 0 saturated carbocycles. The summed E-state index contributed by atoms with van der Waals surface area (Å²) in [5, 5.41) is 4.40. The van der Waals surface area contributed by atoms with Crippen LogP contribution in [0.4, 0.5) is 5.69 Å². The molecule has 0 saturated heterocycles. The molecule has 0 aliphatic rings. The number of aryl methyl sites for hydroxylation is 2. The van der Waals surface area contributed by atoms with Gasteiger partial charge in [0, 0.05) is 13.7 Å². The molecule has 1 aromatic heterocycles. The molecule has 21 heavy (non-hydrogen) atoms. The lowest BCUT2D eigenvalue weighted by Crippen LogP contribution is -2.02. The van der Waals surface area contributed by atoms with Gasteiger partial charge in [-0.1, -0.05) is 19.1 Å². The molecule has 0 bridgehead atoms. The van der Waals surface area contributed by atoms with Crippen LogP contribution < -0.4 is 10.5 Å². The fraction of sp³-hybridized carbons (Fsp3) is 0.438. The summed E-state index contributed by atoms with van der Waals surface area (Å²) in [6.07, 6.45) is 1.87. The van der Waals surface area contributed by atoms with Crippen molar-refractivity contribution in [3.05, 3.63) is 35.5 Å². The maximum absolute atomic E-state index is 6.05. The number of hydrogen-bond acceptors (Lipinski definition) is 4. The van der Waals surface area contributed by atoms with E-state index in [4.69, 9.17) is 15.2 Å². The average Bonchev–Trinajstić information content (AvgIpc) is 2.75. The van der Waals surface area contributed by atoms with Gasteiger partial charge in [-0.25, -0.2) is 4.68 Å². The highest BCUT2D eigenvalue weighted by molar-refractivity contribution is 5.54. The number of nitrogen functional groups attached to an aromatic ring is 1. The van der Waals surface area contributed by atoms with Crippen LogP contribution in [0.15, 0.2) is 24.3 Å². The number of hydrogen-bond donors (Lipinski definition) is 1. The largest absolute Gasteiger partial charge is 0.437 e. The van der Waals surface area contributed by atoms with Crippen molar-refractivity contribution in [2.24, 2.45) is 0 Å². The zero-order valence-electron chi connectivity index (χ0n) is 12.9. The number of anilines is 1. The second-order valence-corrected chi connectivity index (χ2v) is 5.02. The predicted molar refractivity (Wildman–Crippen MR) is 83.8 cm³/mol. The Balaban J connectivity index is 2.14. The highest BCUT2D eigenvalue weighted by atomic mass is 16.5. The summed E-state index contributed by atoms with van der Waals surface area (Å²) >= 11 is 0. The summed E-state index contributed by atoms with van der Waals surface area (Å²) in [4.78, 5) is 0. The van der Waals surface area contributed by atoms with Crippen LogP contribution in [0.3, 0.4) is 0 Å². The van der Waals surface area contributed by atoms with E-state index in [0.717, 1.165) is 37.4 Å².